The molecule has 2 rings (SSSR count). The Morgan fingerprint density at radius 3 is 2.56 bits per heavy atom. The number of benzene rings is 2. The normalized spacial score (nSPS) is 10.3. The second kappa shape index (κ2) is 6.50. The predicted octanol–water partition coefficient (Wildman–Crippen LogP) is 4.51. The summed E-state index contributed by atoms with van der Waals surface area (Å²) in [7, 11) is 0. The van der Waals surface area contributed by atoms with Crippen LogP contribution in [-0.4, -0.2) is 12.3 Å². The van der Waals surface area contributed by atoms with Crippen LogP contribution in [-0.2, 0) is 0 Å². The van der Waals surface area contributed by atoms with Gasteiger partial charge in [0, 0.05) is 22.9 Å². The van der Waals surface area contributed by atoms with E-state index in [2.05, 4.69) is 61.6 Å². The van der Waals surface area contributed by atoms with Crippen molar-refractivity contribution in [3.8, 4) is 0 Å². The van der Waals surface area contributed by atoms with E-state index in [0.29, 0.717) is 0 Å². The summed E-state index contributed by atoms with van der Waals surface area (Å²) in [5.74, 6) is 1.08. The van der Waals surface area contributed by atoms with Crippen LogP contribution < -0.4 is 5.32 Å². The molecule has 0 saturated heterocycles. The average molecular weight is 257 g/mol. The third-order valence-corrected chi connectivity index (χ3v) is 3.97. The van der Waals surface area contributed by atoms with Crippen molar-refractivity contribution in [2.24, 2.45) is 0 Å². The maximum atomic E-state index is 3.43. The van der Waals surface area contributed by atoms with Gasteiger partial charge in [0.25, 0.3) is 0 Å². The number of para-hydroxylation sites is 1. The van der Waals surface area contributed by atoms with Crippen LogP contribution in [0.1, 0.15) is 11.1 Å². The molecule has 0 heterocycles. The van der Waals surface area contributed by atoms with Crippen LogP contribution in [0.2, 0.25) is 0 Å². The molecule has 0 aromatic heterocycles. The van der Waals surface area contributed by atoms with Gasteiger partial charge in [-0.15, -0.1) is 11.8 Å². The molecule has 2 heteroatoms. The lowest BCUT2D eigenvalue weighted by molar-refractivity contribution is 1.21. The zero-order chi connectivity index (χ0) is 12.8. The Morgan fingerprint density at radius 2 is 1.78 bits per heavy atom. The fraction of sp³-hybridized carbons (Fsp3) is 0.250. The van der Waals surface area contributed by atoms with Gasteiger partial charge in [0.1, 0.15) is 0 Å². The lowest BCUT2D eigenvalue weighted by Crippen LogP contribution is -2.03. The van der Waals surface area contributed by atoms with Gasteiger partial charge in [-0.3, -0.25) is 0 Å². The summed E-state index contributed by atoms with van der Waals surface area (Å²) in [6.45, 7) is 5.31. The Bertz CT molecular complexity index is 494. The zero-order valence-electron chi connectivity index (χ0n) is 10.9. The second-order valence-corrected chi connectivity index (χ2v) is 5.55. The van der Waals surface area contributed by atoms with Crippen molar-refractivity contribution in [1.29, 1.82) is 0 Å². The number of hydrogen-bond donors (Lipinski definition) is 1. The van der Waals surface area contributed by atoms with Crippen LogP contribution in [0.25, 0.3) is 0 Å². The van der Waals surface area contributed by atoms with E-state index in [1.807, 2.05) is 17.8 Å². The van der Waals surface area contributed by atoms with Crippen LogP contribution >= 0.6 is 11.8 Å². The highest BCUT2D eigenvalue weighted by Gasteiger charge is 1.99. The van der Waals surface area contributed by atoms with Gasteiger partial charge >= 0.3 is 0 Å². The quantitative estimate of drug-likeness (QED) is 0.625. The molecule has 0 saturated carbocycles. The third-order valence-electron chi connectivity index (χ3n) is 2.81. The third kappa shape index (κ3) is 3.81. The first-order valence-electron chi connectivity index (χ1n) is 6.25. The highest BCUT2D eigenvalue weighted by molar-refractivity contribution is 7.99. The largest absolute Gasteiger partial charge is 0.384 e. The van der Waals surface area contributed by atoms with Crippen molar-refractivity contribution in [2.45, 2.75) is 18.7 Å². The van der Waals surface area contributed by atoms with Crippen LogP contribution in [0.15, 0.2) is 53.4 Å². The molecule has 0 aliphatic rings. The molecule has 94 valence electrons. The van der Waals surface area contributed by atoms with Gasteiger partial charge in [0.15, 0.2) is 0 Å². The van der Waals surface area contributed by atoms with Crippen molar-refractivity contribution in [1.82, 2.24) is 0 Å². The number of aryl methyl sites for hydroxylation is 2. The number of thioether (sulfide) groups is 1. The highest BCUT2D eigenvalue weighted by Crippen LogP contribution is 2.23. The van der Waals surface area contributed by atoms with Crippen molar-refractivity contribution in [2.75, 3.05) is 17.6 Å². The Balaban J connectivity index is 1.80. The smallest absolute Gasteiger partial charge is 0.0340 e. The number of rotatable bonds is 5. The van der Waals surface area contributed by atoms with E-state index in [1.165, 1.54) is 21.7 Å². The van der Waals surface area contributed by atoms with E-state index in [4.69, 9.17) is 0 Å². The van der Waals surface area contributed by atoms with E-state index < -0.39 is 0 Å². The Labute approximate surface area is 114 Å². The average Bonchev–Trinajstić information content (AvgIpc) is 2.40. The predicted molar refractivity (Wildman–Crippen MR) is 81.6 cm³/mol. The molecule has 0 radical (unpaired) electrons. The molecular formula is C16H19NS. The number of hydrogen-bond acceptors (Lipinski definition) is 2. The van der Waals surface area contributed by atoms with E-state index in [1.54, 1.807) is 0 Å². The molecule has 0 unspecified atom stereocenters. The molecule has 2 aromatic rings. The fourth-order valence-electron chi connectivity index (χ4n) is 1.78. The Kier molecular flexibility index (Phi) is 4.71. The first-order chi connectivity index (χ1) is 8.75. The van der Waals surface area contributed by atoms with E-state index in [9.17, 15) is 0 Å². The van der Waals surface area contributed by atoms with E-state index >= 15 is 0 Å². The summed E-state index contributed by atoms with van der Waals surface area (Å²) in [6, 6.07) is 17.0. The van der Waals surface area contributed by atoms with Crippen LogP contribution in [0.5, 0.6) is 0 Å². The van der Waals surface area contributed by atoms with Gasteiger partial charge in [-0.25, -0.2) is 0 Å². The first-order valence-corrected chi connectivity index (χ1v) is 7.23. The Morgan fingerprint density at radius 1 is 1.00 bits per heavy atom. The van der Waals surface area contributed by atoms with Gasteiger partial charge < -0.3 is 5.32 Å². The Hall–Kier alpha value is -1.41. The zero-order valence-corrected chi connectivity index (χ0v) is 11.8. The summed E-state index contributed by atoms with van der Waals surface area (Å²) < 4.78 is 0. The maximum absolute atomic E-state index is 3.43. The molecule has 1 nitrogen and oxygen atoms in total. The van der Waals surface area contributed by atoms with Gasteiger partial charge in [0.05, 0.1) is 0 Å². The fourth-order valence-corrected chi connectivity index (χ4v) is 2.76. The molecule has 1 N–H and O–H groups in total. The molecule has 0 fully saturated rings. The summed E-state index contributed by atoms with van der Waals surface area (Å²) in [4.78, 5) is 1.39. The second-order valence-electron chi connectivity index (χ2n) is 4.41. The molecule has 0 spiro atoms. The molecule has 0 bridgehead atoms. The highest BCUT2D eigenvalue weighted by atomic mass is 32.2. The van der Waals surface area contributed by atoms with Crippen molar-refractivity contribution in [3.05, 3.63) is 59.7 Å². The van der Waals surface area contributed by atoms with Crippen LogP contribution in [0, 0.1) is 13.8 Å². The van der Waals surface area contributed by atoms with Gasteiger partial charge in [-0.1, -0.05) is 35.9 Å². The van der Waals surface area contributed by atoms with E-state index in [-0.39, 0.29) is 0 Å². The summed E-state index contributed by atoms with van der Waals surface area (Å²) in [5, 5.41) is 3.43. The minimum Gasteiger partial charge on any atom is -0.384 e. The molecule has 0 amide bonds. The monoisotopic (exact) mass is 257 g/mol. The van der Waals surface area contributed by atoms with Crippen molar-refractivity contribution in [3.63, 3.8) is 0 Å². The number of anilines is 1. The first kappa shape index (κ1) is 13.0. The van der Waals surface area contributed by atoms with Gasteiger partial charge in [-0.2, -0.15) is 0 Å². The SMILES string of the molecule is Cc1ccc(C)c(SCCNc2ccccc2)c1. The summed E-state index contributed by atoms with van der Waals surface area (Å²) in [5.41, 5.74) is 3.89. The van der Waals surface area contributed by atoms with Crippen molar-refractivity contribution >= 4 is 17.4 Å². The minimum absolute atomic E-state index is 0.988. The van der Waals surface area contributed by atoms with Crippen LogP contribution in [0.3, 0.4) is 0 Å². The molecule has 0 atom stereocenters. The van der Waals surface area contributed by atoms with Gasteiger partial charge in [-0.05, 0) is 37.6 Å². The standard InChI is InChI=1S/C16H19NS/c1-13-8-9-14(2)16(12-13)18-11-10-17-15-6-4-3-5-7-15/h3-9,12,17H,10-11H2,1-2H3. The lowest BCUT2D eigenvalue weighted by Gasteiger charge is -2.08. The molecule has 0 aliphatic heterocycles. The maximum Gasteiger partial charge on any atom is 0.0340 e. The summed E-state index contributed by atoms with van der Waals surface area (Å²) in [6.07, 6.45) is 0. The minimum atomic E-state index is 0.988. The lowest BCUT2D eigenvalue weighted by atomic mass is 10.2. The molecule has 0 aliphatic carbocycles. The topological polar surface area (TPSA) is 12.0 Å². The molecule has 2 aromatic carbocycles. The van der Waals surface area contributed by atoms with E-state index in [0.717, 1.165) is 12.3 Å². The summed E-state index contributed by atoms with van der Waals surface area (Å²) >= 11 is 1.92. The molecule has 18 heavy (non-hydrogen) atoms. The van der Waals surface area contributed by atoms with Gasteiger partial charge in [0.2, 0.25) is 0 Å². The number of nitrogens with one attached hydrogen (secondary N) is 1. The molecular weight excluding hydrogens is 238 g/mol. The van der Waals surface area contributed by atoms with Crippen molar-refractivity contribution < 1.29 is 0 Å². The van der Waals surface area contributed by atoms with Crippen LogP contribution in [0.4, 0.5) is 5.69 Å².